The third-order valence-electron chi connectivity index (χ3n) is 3.58. The Hall–Kier alpha value is -1.91. The highest BCUT2D eigenvalue weighted by atomic mass is 32.1. The summed E-state index contributed by atoms with van der Waals surface area (Å²) in [6, 6.07) is 11.9. The first-order valence-corrected chi connectivity index (χ1v) is 7.68. The molecule has 1 N–H and O–H groups in total. The van der Waals surface area contributed by atoms with Gasteiger partial charge in [0.1, 0.15) is 17.4 Å². The predicted octanol–water partition coefficient (Wildman–Crippen LogP) is 3.98. The van der Waals surface area contributed by atoms with Crippen molar-refractivity contribution in [3.05, 3.63) is 57.5 Å². The minimum absolute atomic E-state index is 0.0351. The number of aliphatic hydroxyl groups is 1. The van der Waals surface area contributed by atoms with Crippen molar-refractivity contribution in [3.63, 3.8) is 0 Å². The number of aryl methyl sites for hydroxylation is 2. The second-order valence-electron chi connectivity index (χ2n) is 4.96. The van der Waals surface area contributed by atoms with Crippen LogP contribution < -0.4 is 4.74 Å². The van der Waals surface area contributed by atoms with Gasteiger partial charge in [0.25, 0.3) is 0 Å². The monoisotopic (exact) mass is 299 g/mol. The molecule has 1 aromatic heterocycles. The van der Waals surface area contributed by atoms with Gasteiger partial charge in [-0.25, -0.2) is 4.98 Å². The minimum Gasteiger partial charge on any atom is -0.486 e. The summed E-state index contributed by atoms with van der Waals surface area (Å²) >= 11 is 1.65. The molecule has 0 spiro atoms. The summed E-state index contributed by atoms with van der Waals surface area (Å²) < 4.78 is 5.88. The largest absolute Gasteiger partial charge is 0.486 e. The summed E-state index contributed by atoms with van der Waals surface area (Å²) in [5, 5.41) is 12.8. The first-order valence-electron chi connectivity index (χ1n) is 6.86. The molecule has 0 unspecified atom stereocenters. The van der Waals surface area contributed by atoms with E-state index in [-0.39, 0.29) is 6.61 Å². The second kappa shape index (κ2) is 5.84. The van der Waals surface area contributed by atoms with Gasteiger partial charge in [0.2, 0.25) is 0 Å². The van der Waals surface area contributed by atoms with E-state index in [1.54, 1.807) is 11.3 Å². The summed E-state index contributed by atoms with van der Waals surface area (Å²) in [6.07, 6.45) is 0. The van der Waals surface area contributed by atoms with Gasteiger partial charge in [-0.3, -0.25) is 0 Å². The molecule has 0 saturated heterocycles. The van der Waals surface area contributed by atoms with Crippen molar-refractivity contribution >= 4 is 22.1 Å². The molecule has 108 valence electrons. The van der Waals surface area contributed by atoms with Gasteiger partial charge in [0.05, 0.1) is 12.3 Å². The predicted molar refractivity (Wildman–Crippen MR) is 85.8 cm³/mol. The lowest BCUT2D eigenvalue weighted by Gasteiger charge is -2.11. The maximum Gasteiger partial charge on any atom is 0.140 e. The number of thiazole rings is 1. The highest BCUT2D eigenvalue weighted by molar-refractivity contribution is 7.11. The van der Waals surface area contributed by atoms with E-state index in [1.807, 2.05) is 43.3 Å². The fourth-order valence-electron chi connectivity index (χ4n) is 2.35. The molecule has 0 aliphatic heterocycles. The molecule has 0 amide bonds. The lowest BCUT2D eigenvalue weighted by atomic mass is 10.0. The van der Waals surface area contributed by atoms with E-state index in [2.05, 4.69) is 11.9 Å². The molecule has 2 aromatic carbocycles. The molecular formula is C17H17NO2S. The number of benzene rings is 2. The standard InChI is InChI=1S/C17H17NO2S/c1-11-12(2)21-17(18-11)10-20-16-8-7-13-5-3-4-6-14(13)15(16)9-19/h3-8,19H,9-10H2,1-2H3. The number of ether oxygens (including phenoxy) is 1. The lowest BCUT2D eigenvalue weighted by Crippen LogP contribution is -1.99. The van der Waals surface area contributed by atoms with Gasteiger partial charge in [-0.2, -0.15) is 0 Å². The molecule has 4 heteroatoms. The normalized spacial score (nSPS) is 11.0. The maximum absolute atomic E-state index is 9.67. The Balaban J connectivity index is 1.89. The van der Waals surface area contributed by atoms with E-state index in [4.69, 9.17) is 4.74 Å². The van der Waals surface area contributed by atoms with Crippen molar-refractivity contribution in [1.82, 2.24) is 4.98 Å². The van der Waals surface area contributed by atoms with Crippen LogP contribution in [0.1, 0.15) is 21.1 Å². The Morgan fingerprint density at radius 1 is 1.14 bits per heavy atom. The van der Waals surface area contributed by atoms with Crippen LogP contribution in [-0.2, 0) is 13.2 Å². The zero-order chi connectivity index (χ0) is 14.8. The smallest absolute Gasteiger partial charge is 0.140 e. The van der Waals surface area contributed by atoms with E-state index in [9.17, 15) is 5.11 Å². The van der Waals surface area contributed by atoms with Crippen molar-refractivity contribution in [1.29, 1.82) is 0 Å². The van der Waals surface area contributed by atoms with Crippen molar-refractivity contribution < 1.29 is 9.84 Å². The molecule has 3 nitrogen and oxygen atoms in total. The van der Waals surface area contributed by atoms with Crippen LogP contribution in [0, 0.1) is 13.8 Å². The van der Waals surface area contributed by atoms with E-state index in [1.165, 1.54) is 4.88 Å². The van der Waals surface area contributed by atoms with E-state index < -0.39 is 0 Å². The summed E-state index contributed by atoms with van der Waals surface area (Å²) in [6.45, 7) is 4.47. The zero-order valence-corrected chi connectivity index (χ0v) is 12.9. The van der Waals surface area contributed by atoms with Crippen molar-refractivity contribution in [2.45, 2.75) is 27.1 Å². The Labute approximate surface area is 127 Å². The van der Waals surface area contributed by atoms with Crippen LogP contribution in [-0.4, -0.2) is 10.1 Å². The topological polar surface area (TPSA) is 42.4 Å². The van der Waals surface area contributed by atoms with E-state index in [0.29, 0.717) is 6.61 Å². The van der Waals surface area contributed by atoms with Gasteiger partial charge in [-0.1, -0.05) is 30.3 Å². The molecule has 0 aliphatic carbocycles. The van der Waals surface area contributed by atoms with E-state index >= 15 is 0 Å². The molecule has 21 heavy (non-hydrogen) atoms. The number of hydrogen-bond acceptors (Lipinski definition) is 4. The van der Waals surface area contributed by atoms with Crippen LogP contribution >= 0.6 is 11.3 Å². The fourth-order valence-corrected chi connectivity index (χ4v) is 3.20. The third-order valence-corrected chi connectivity index (χ3v) is 4.63. The summed E-state index contributed by atoms with van der Waals surface area (Å²) in [5.41, 5.74) is 1.89. The van der Waals surface area contributed by atoms with Crippen molar-refractivity contribution in [2.75, 3.05) is 0 Å². The molecule has 1 heterocycles. The average Bonchev–Trinajstić information content (AvgIpc) is 2.83. The van der Waals surface area contributed by atoms with Gasteiger partial charge >= 0.3 is 0 Å². The van der Waals surface area contributed by atoms with Crippen LogP contribution in [0.25, 0.3) is 10.8 Å². The first kappa shape index (κ1) is 14.0. The van der Waals surface area contributed by atoms with Crippen molar-refractivity contribution in [3.8, 4) is 5.75 Å². The fraction of sp³-hybridized carbons (Fsp3) is 0.235. The first-order chi connectivity index (χ1) is 10.2. The number of aromatic nitrogens is 1. The molecular weight excluding hydrogens is 282 g/mol. The molecule has 0 aliphatic rings. The van der Waals surface area contributed by atoms with E-state index in [0.717, 1.165) is 32.8 Å². The number of aliphatic hydroxyl groups excluding tert-OH is 1. The Morgan fingerprint density at radius 3 is 2.67 bits per heavy atom. The molecule has 0 bridgehead atoms. The molecule has 0 saturated carbocycles. The maximum atomic E-state index is 9.67. The molecule has 0 radical (unpaired) electrons. The molecule has 3 rings (SSSR count). The summed E-state index contributed by atoms with van der Waals surface area (Å²) in [5.74, 6) is 0.724. The third kappa shape index (κ3) is 2.77. The highest BCUT2D eigenvalue weighted by Gasteiger charge is 2.10. The summed E-state index contributed by atoms with van der Waals surface area (Å²) in [7, 11) is 0. The number of fused-ring (bicyclic) bond motifs is 1. The Kier molecular flexibility index (Phi) is 3.90. The minimum atomic E-state index is -0.0351. The van der Waals surface area contributed by atoms with Gasteiger partial charge in [-0.05, 0) is 30.7 Å². The van der Waals surface area contributed by atoms with Crippen LogP contribution in [0.3, 0.4) is 0 Å². The van der Waals surface area contributed by atoms with Gasteiger partial charge in [-0.15, -0.1) is 11.3 Å². The SMILES string of the molecule is Cc1nc(COc2ccc3ccccc3c2CO)sc1C. The lowest BCUT2D eigenvalue weighted by molar-refractivity contribution is 0.260. The number of rotatable bonds is 4. The van der Waals surface area contributed by atoms with Crippen molar-refractivity contribution in [2.24, 2.45) is 0 Å². The Morgan fingerprint density at radius 2 is 1.95 bits per heavy atom. The molecule has 0 atom stereocenters. The van der Waals surface area contributed by atoms with Gasteiger partial charge in [0, 0.05) is 10.4 Å². The highest BCUT2D eigenvalue weighted by Crippen LogP contribution is 2.29. The van der Waals surface area contributed by atoms with Gasteiger partial charge in [0.15, 0.2) is 0 Å². The van der Waals surface area contributed by atoms with Crippen LogP contribution in [0.15, 0.2) is 36.4 Å². The average molecular weight is 299 g/mol. The Bertz CT molecular complexity index is 760. The quantitative estimate of drug-likeness (QED) is 0.792. The molecule has 0 fully saturated rings. The van der Waals surface area contributed by atoms with Crippen LogP contribution in [0.2, 0.25) is 0 Å². The van der Waals surface area contributed by atoms with Crippen LogP contribution in [0.5, 0.6) is 5.75 Å². The number of hydrogen-bond donors (Lipinski definition) is 1. The summed E-state index contributed by atoms with van der Waals surface area (Å²) in [4.78, 5) is 5.69. The zero-order valence-electron chi connectivity index (χ0n) is 12.1. The number of nitrogens with zero attached hydrogens (tertiary/aromatic N) is 1. The van der Waals surface area contributed by atoms with Gasteiger partial charge < -0.3 is 9.84 Å². The van der Waals surface area contributed by atoms with Crippen LogP contribution in [0.4, 0.5) is 0 Å². The second-order valence-corrected chi connectivity index (χ2v) is 6.25. The molecule has 3 aromatic rings.